The average molecular weight is 347 g/mol. The maximum absolute atomic E-state index is 4.75. The largest absolute Gasteiger partial charge is 0.352 e. The summed E-state index contributed by atoms with van der Waals surface area (Å²) >= 11 is 0. The zero-order valence-corrected chi connectivity index (χ0v) is 14.6. The minimum Gasteiger partial charge on any atom is -0.352 e. The summed E-state index contributed by atoms with van der Waals surface area (Å²) in [6.45, 7) is 6.12. The predicted octanol–water partition coefficient (Wildman–Crippen LogP) is 1.43. The van der Waals surface area contributed by atoms with Crippen LogP contribution in [0.25, 0.3) is 11.0 Å². The number of aromatic nitrogens is 4. The number of piperazine rings is 1. The number of anilines is 2. The lowest BCUT2D eigenvalue weighted by molar-refractivity contribution is 0.156. The van der Waals surface area contributed by atoms with Gasteiger partial charge in [-0.05, 0) is 18.2 Å². The summed E-state index contributed by atoms with van der Waals surface area (Å²) in [6, 6.07) is 10.5. The first-order valence-corrected chi connectivity index (χ1v) is 9.09. The summed E-state index contributed by atoms with van der Waals surface area (Å²) in [5, 5.41) is 0. The van der Waals surface area contributed by atoms with E-state index in [0.29, 0.717) is 6.04 Å². The fourth-order valence-corrected chi connectivity index (χ4v) is 3.71. The van der Waals surface area contributed by atoms with E-state index in [2.05, 4.69) is 29.7 Å². The van der Waals surface area contributed by atoms with Crippen LogP contribution in [0, 0.1) is 0 Å². The maximum atomic E-state index is 4.75. The summed E-state index contributed by atoms with van der Waals surface area (Å²) in [4.78, 5) is 25.1. The van der Waals surface area contributed by atoms with Gasteiger partial charge < -0.3 is 9.80 Å². The highest BCUT2D eigenvalue weighted by Gasteiger charge is 2.34. The first-order valence-electron chi connectivity index (χ1n) is 9.09. The molecule has 0 spiro atoms. The zero-order valence-electron chi connectivity index (χ0n) is 14.6. The van der Waals surface area contributed by atoms with Crippen LogP contribution in [-0.2, 0) is 0 Å². The van der Waals surface area contributed by atoms with Gasteiger partial charge in [0.25, 0.3) is 0 Å². The van der Waals surface area contributed by atoms with Crippen molar-refractivity contribution >= 4 is 22.8 Å². The fourth-order valence-electron chi connectivity index (χ4n) is 3.71. The summed E-state index contributed by atoms with van der Waals surface area (Å²) in [5.74, 6) is 1.82. The molecule has 3 aromatic rings. The smallest absolute Gasteiger partial charge is 0.225 e. The molecule has 2 aliphatic rings. The SMILES string of the molecule is c1cnc(N2CCN(C3CN(c4cnc5ccccc5n4)C3)CC2)nc1. The van der Waals surface area contributed by atoms with E-state index in [1.165, 1.54) is 0 Å². The van der Waals surface area contributed by atoms with Crippen molar-refractivity contribution in [2.45, 2.75) is 6.04 Å². The Labute approximate surface area is 152 Å². The van der Waals surface area contributed by atoms with Crippen LogP contribution in [0.5, 0.6) is 0 Å². The number of hydrogen-bond acceptors (Lipinski definition) is 7. The quantitative estimate of drug-likeness (QED) is 0.710. The molecule has 0 N–H and O–H groups in total. The van der Waals surface area contributed by atoms with Crippen LogP contribution in [-0.4, -0.2) is 70.1 Å². The molecule has 0 saturated carbocycles. The van der Waals surface area contributed by atoms with Crippen molar-refractivity contribution in [3.63, 3.8) is 0 Å². The van der Waals surface area contributed by atoms with Crippen molar-refractivity contribution in [2.75, 3.05) is 49.1 Å². The highest BCUT2D eigenvalue weighted by molar-refractivity contribution is 5.75. The molecule has 0 unspecified atom stereocenters. The summed E-state index contributed by atoms with van der Waals surface area (Å²) in [7, 11) is 0. The highest BCUT2D eigenvalue weighted by Crippen LogP contribution is 2.24. The monoisotopic (exact) mass is 347 g/mol. The highest BCUT2D eigenvalue weighted by atomic mass is 15.4. The third-order valence-corrected chi connectivity index (χ3v) is 5.29. The average Bonchev–Trinajstić information content (AvgIpc) is 2.68. The van der Waals surface area contributed by atoms with E-state index >= 15 is 0 Å². The van der Waals surface area contributed by atoms with Crippen LogP contribution in [0.4, 0.5) is 11.8 Å². The van der Waals surface area contributed by atoms with Gasteiger partial charge in [-0.25, -0.2) is 15.0 Å². The van der Waals surface area contributed by atoms with Crippen LogP contribution in [0.15, 0.2) is 48.9 Å². The number of hydrogen-bond donors (Lipinski definition) is 0. The third-order valence-electron chi connectivity index (χ3n) is 5.29. The Balaban J connectivity index is 1.18. The molecule has 0 bridgehead atoms. The predicted molar refractivity (Wildman–Crippen MR) is 101 cm³/mol. The Hall–Kier alpha value is -2.80. The molecule has 4 heterocycles. The molecule has 0 amide bonds. The molecule has 0 radical (unpaired) electrons. The number of para-hydroxylation sites is 2. The van der Waals surface area contributed by atoms with E-state index in [1.54, 1.807) is 0 Å². The molecule has 5 rings (SSSR count). The summed E-state index contributed by atoms with van der Waals surface area (Å²) < 4.78 is 0. The number of rotatable bonds is 3. The van der Waals surface area contributed by atoms with E-state index in [9.17, 15) is 0 Å². The van der Waals surface area contributed by atoms with Crippen LogP contribution in [0.1, 0.15) is 0 Å². The molecule has 132 valence electrons. The van der Waals surface area contributed by atoms with Gasteiger partial charge in [0.2, 0.25) is 5.95 Å². The van der Waals surface area contributed by atoms with E-state index in [0.717, 1.165) is 62.1 Å². The molecule has 7 heteroatoms. The second-order valence-electron chi connectivity index (χ2n) is 6.85. The van der Waals surface area contributed by atoms with Gasteiger partial charge >= 0.3 is 0 Å². The standard InChI is InChI=1S/C19H21N7/c1-2-5-17-16(4-1)22-12-18(23-17)26-13-15(14-26)24-8-10-25(11-9-24)19-20-6-3-7-21-19/h1-7,12,15H,8-11,13-14H2. The molecule has 2 aromatic heterocycles. The van der Waals surface area contributed by atoms with E-state index in [1.807, 2.05) is 48.9 Å². The van der Waals surface area contributed by atoms with Gasteiger partial charge in [-0.1, -0.05) is 12.1 Å². The first kappa shape index (κ1) is 15.5. The van der Waals surface area contributed by atoms with Gasteiger partial charge in [0.05, 0.1) is 17.2 Å². The summed E-state index contributed by atoms with van der Waals surface area (Å²) in [6.07, 6.45) is 5.51. The number of benzene rings is 1. The van der Waals surface area contributed by atoms with Gasteiger partial charge in [0.1, 0.15) is 5.82 Å². The van der Waals surface area contributed by atoms with Crippen molar-refractivity contribution in [3.8, 4) is 0 Å². The number of fused-ring (bicyclic) bond motifs is 1. The van der Waals surface area contributed by atoms with Gasteiger partial charge in [-0.15, -0.1) is 0 Å². The molecular weight excluding hydrogens is 326 g/mol. The first-order chi connectivity index (χ1) is 12.9. The third kappa shape index (κ3) is 2.84. The molecule has 7 nitrogen and oxygen atoms in total. The molecule has 26 heavy (non-hydrogen) atoms. The number of nitrogens with zero attached hydrogens (tertiary/aromatic N) is 7. The van der Waals surface area contributed by atoms with Gasteiger partial charge in [-0.2, -0.15) is 0 Å². The van der Waals surface area contributed by atoms with Crippen LogP contribution >= 0.6 is 0 Å². The topological polar surface area (TPSA) is 61.3 Å². The zero-order chi connectivity index (χ0) is 17.3. The lowest BCUT2D eigenvalue weighted by Gasteiger charge is -2.48. The molecule has 2 aliphatic heterocycles. The Bertz CT molecular complexity index is 887. The van der Waals surface area contributed by atoms with E-state index in [4.69, 9.17) is 4.98 Å². The van der Waals surface area contributed by atoms with Gasteiger partial charge in [0, 0.05) is 57.7 Å². The normalized spacial score (nSPS) is 18.9. The van der Waals surface area contributed by atoms with Crippen LogP contribution < -0.4 is 9.80 Å². The molecular formula is C19H21N7. The minimum atomic E-state index is 0.599. The lowest BCUT2D eigenvalue weighted by Crippen LogP contribution is -2.63. The van der Waals surface area contributed by atoms with E-state index in [-0.39, 0.29) is 0 Å². The molecule has 2 saturated heterocycles. The maximum Gasteiger partial charge on any atom is 0.225 e. The van der Waals surface area contributed by atoms with Crippen molar-refractivity contribution in [3.05, 3.63) is 48.9 Å². The molecule has 2 fully saturated rings. The molecule has 1 aromatic carbocycles. The van der Waals surface area contributed by atoms with Gasteiger partial charge in [0.15, 0.2) is 0 Å². The molecule has 0 atom stereocenters. The van der Waals surface area contributed by atoms with Crippen molar-refractivity contribution < 1.29 is 0 Å². The second-order valence-corrected chi connectivity index (χ2v) is 6.85. The van der Waals surface area contributed by atoms with Gasteiger partial charge in [-0.3, -0.25) is 9.88 Å². The Morgan fingerprint density at radius 1 is 0.769 bits per heavy atom. The summed E-state index contributed by atoms with van der Waals surface area (Å²) in [5.41, 5.74) is 1.91. The van der Waals surface area contributed by atoms with Crippen molar-refractivity contribution in [1.82, 2.24) is 24.8 Å². The van der Waals surface area contributed by atoms with Crippen molar-refractivity contribution in [1.29, 1.82) is 0 Å². The fraction of sp³-hybridized carbons (Fsp3) is 0.368. The second kappa shape index (κ2) is 6.49. The van der Waals surface area contributed by atoms with Crippen molar-refractivity contribution in [2.24, 2.45) is 0 Å². The minimum absolute atomic E-state index is 0.599. The lowest BCUT2D eigenvalue weighted by atomic mass is 10.1. The Morgan fingerprint density at radius 2 is 1.50 bits per heavy atom. The van der Waals surface area contributed by atoms with E-state index < -0.39 is 0 Å². The Morgan fingerprint density at radius 3 is 2.27 bits per heavy atom. The van der Waals surface area contributed by atoms with Crippen LogP contribution in [0.3, 0.4) is 0 Å². The molecule has 0 aliphatic carbocycles. The Kier molecular flexibility index (Phi) is 3.86. The van der Waals surface area contributed by atoms with Crippen LogP contribution in [0.2, 0.25) is 0 Å².